The number of ether oxygens (including phenoxy) is 1. The first-order valence-corrected chi connectivity index (χ1v) is 12.7. The van der Waals surface area contributed by atoms with Crippen molar-refractivity contribution in [3.8, 4) is 0 Å². The van der Waals surface area contributed by atoms with Gasteiger partial charge in [0, 0.05) is 23.5 Å². The molecule has 0 radical (unpaired) electrons. The normalized spacial score (nSPS) is 14.3. The lowest BCUT2D eigenvalue weighted by molar-refractivity contribution is -0.118. The van der Waals surface area contributed by atoms with Crippen LogP contribution in [0.15, 0.2) is 54.2 Å². The first-order valence-electron chi connectivity index (χ1n) is 11.8. The van der Waals surface area contributed by atoms with Crippen molar-refractivity contribution < 1.29 is 19.1 Å². The molecule has 1 aromatic carbocycles. The van der Waals surface area contributed by atoms with Crippen molar-refractivity contribution >= 4 is 39.9 Å². The first-order chi connectivity index (χ1) is 17.0. The number of carbonyl (C=O) groups is 3. The van der Waals surface area contributed by atoms with Crippen molar-refractivity contribution in [1.29, 1.82) is 0 Å². The van der Waals surface area contributed by atoms with Crippen molar-refractivity contribution in [3.05, 3.63) is 71.0 Å². The van der Waals surface area contributed by atoms with Crippen LogP contribution in [-0.2, 0) is 9.53 Å². The molecule has 1 fully saturated rings. The standard InChI is InChI=1S/C26H28N4O4S/c1-2-34-25(33)22-16-35-26(29-22)30-24(32)21(14-17-6-3-4-7-17)18-9-11-20(12-10-18)28-23(31)19-8-5-13-27-15-19/h5,8-13,15-17,21H,2-4,6-7,14H2,1H3,(H,28,31)(H,29,30,32). The van der Waals surface area contributed by atoms with Crippen LogP contribution in [0.1, 0.15) is 71.4 Å². The first kappa shape index (κ1) is 24.5. The van der Waals surface area contributed by atoms with Gasteiger partial charge >= 0.3 is 5.97 Å². The number of hydrogen-bond donors (Lipinski definition) is 2. The van der Waals surface area contributed by atoms with E-state index in [0.717, 1.165) is 24.8 Å². The number of thiazole rings is 1. The van der Waals surface area contributed by atoms with Crippen LogP contribution in [0.25, 0.3) is 0 Å². The Balaban J connectivity index is 1.47. The van der Waals surface area contributed by atoms with Gasteiger partial charge in [0.2, 0.25) is 5.91 Å². The molecule has 0 saturated heterocycles. The molecule has 2 amide bonds. The predicted octanol–water partition coefficient (Wildman–Crippen LogP) is 5.27. The molecule has 0 spiro atoms. The number of rotatable bonds is 9. The summed E-state index contributed by atoms with van der Waals surface area (Å²) in [5, 5.41) is 7.70. The van der Waals surface area contributed by atoms with E-state index in [-0.39, 0.29) is 30.0 Å². The summed E-state index contributed by atoms with van der Waals surface area (Å²) in [5.74, 6) is -0.782. The van der Waals surface area contributed by atoms with Gasteiger partial charge in [-0.25, -0.2) is 9.78 Å². The van der Waals surface area contributed by atoms with Gasteiger partial charge < -0.3 is 15.4 Å². The van der Waals surface area contributed by atoms with E-state index in [2.05, 4.69) is 20.6 Å². The van der Waals surface area contributed by atoms with Gasteiger partial charge in [0.15, 0.2) is 10.8 Å². The van der Waals surface area contributed by atoms with Crippen molar-refractivity contribution in [3.63, 3.8) is 0 Å². The lowest BCUT2D eigenvalue weighted by atomic mass is 9.87. The number of nitrogens with one attached hydrogen (secondary N) is 2. The molecule has 1 aliphatic rings. The van der Waals surface area contributed by atoms with Crippen molar-refractivity contribution in [2.75, 3.05) is 17.2 Å². The van der Waals surface area contributed by atoms with E-state index < -0.39 is 5.97 Å². The average molecular weight is 493 g/mol. The van der Waals surface area contributed by atoms with Crippen LogP contribution >= 0.6 is 11.3 Å². The Morgan fingerprint density at radius 1 is 1.11 bits per heavy atom. The highest BCUT2D eigenvalue weighted by atomic mass is 32.1. The Hall–Kier alpha value is -3.59. The summed E-state index contributed by atoms with van der Waals surface area (Å²) in [4.78, 5) is 45.8. The molecule has 1 aliphatic carbocycles. The summed E-state index contributed by atoms with van der Waals surface area (Å²) >= 11 is 1.20. The van der Waals surface area contributed by atoms with Crippen LogP contribution in [0.2, 0.25) is 0 Å². The lowest BCUT2D eigenvalue weighted by Crippen LogP contribution is -2.23. The molecule has 2 aromatic heterocycles. The zero-order valence-corrected chi connectivity index (χ0v) is 20.3. The largest absolute Gasteiger partial charge is 0.461 e. The number of pyridine rings is 1. The fourth-order valence-corrected chi connectivity index (χ4v) is 4.98. The van der Waals surface area contributed by atoms with E-state index >= 15 is 0 Å². The summed E-state index contributed by atoms with van der Waals surface area (Å²) in [6.07, 6.45) is 8.48. The molecule has 1 atom stereocenters. The molecule has 35 heavy (non-hydrogen) atoms. The monoisotopic (exact) mass is 492 g/mol. The van der Waals surface area contributed by atoms with Gasteiger partial charge in [-0.05, 0) is 49.1 Å². The topological polar surface area (TPSA) is 110 Å². The maximum Gasteiger partial charge on any atom is 0.357 e. The number of hydrogen-bond acceptors (Lipinski definition) is 7. The third kappa shape index (κ3) is 6.51. The molecule has 4 rings (SSSR count). The quantitative estimate of drug-likeness (QED) is 0.394. The number of benzene rings is 1. The smallest absolute Gasteiger partial charge is 0.357 e. The molecular weight excluding hydrogens is 464 g/mol. The lowest BCUT2D eigenvalue weighted by Gasteiger charge is -2.20. The highest BCUT2D eigenvalue weighted by molar-refractivity contribution is 7.14. The molecule has 182 valence electrons. The Kier molecular flexibility index (Phi) is 8.20. The predicted molar refractivity (Wildman–Crippen MR) is 135 cm³/mol. The van der Waals surface area contributed by atoms with Gasteiger partial charge in [-0.1, -0.05) is 37.8 Å². The summed E-state index contributed by atoms with van der Waals surface area (Å²) in [6, 6.07) is 10.8. The average Bonchev–Trinajstić information content (AvgIpc) is 3.56. The number of aromatic nitrogens is 2. The highest BCUT2D eigenvalue weighted by Crippen LogP contribution is 2.35. The fourth-order valence-electron chi connectivity index (χ4n) is 4.30. The number of nitrogens with zero attached hydrogens (tertiary/aromatic N) is 2. The van der Waals surface area contributed by atoms with Gasteiger partial charge in [-0.3, -0.25) is 14.6 Å². The van der Waals surface area contributed by atoms with Crippen LogP contribution in [0.4, 0.5) is 10.8 Å². The number of esters is 1. The molecule has 1 saturated carbocycles. The van der Waals surface area contributed by atoms with E-state index in [0.29, 0.717) is 22.3 Å². The molecule has 0 bridgehead atoms. The van der Waals surface area contributed by atoms with Crippen LogP contribution in [-0.4, -0.2) is 34.4 Å². The van der Waals surface area contributed by atoms with Gasteiger partial charge in [-0.15, -0.1) is 11.3 Å². The highest BCUT2D eigenvalue weighted by Gasteiger charge is 2.27. The third-order valence-electron chi connectivity index (χ3n) is 6.07. The van der Waals surface area contributed by atoms with Crippen LogP contribution in [0.5, 0.6) is 0 Å². The minimum Gasteiger partial charge on any atom is -0.461 e. The van der Waals surface area contributed by atoms with Crippen molar-refractivity contribution in [1.82, 2.24) is 9.97 Å². The minimum absolute atomic E-state index is 0.159. The summed E-state index contributed by atoms with van der Waals surface area (Å²) in [7, 11) is 0. The van der Waals surface area contributed by atoms with E-state index in [1.807, 2.05) is 12.1 Å². The van der Waals surface area contributed by atoms with Crippen LogP contribution in [0.3, 0.4) is 0 Å². The van der Waals surface area contributed by atoms with Crippen molar-refractivity contribution in [2.24, 2.45) is 5.92 Å². The molecule has 2 N–H and O–H groups in total. The summed E-state index contributed by atoms with van der Waals surface area (Å²) < 4.78 is 4.98. The van der Waals surface area contributed by atoms with Crippen LogP contribution in [0, 0.1) is 5.92 Å². The zero-order valence-electron chi connectivity index (χ0n) is 19.5. The summed E-state index contributed by atoms with van der Waals surface area (Å²) in [6.45, 7) is 2.00. The molecular formula is C26H28N4O4S. The summed E-state index contributed by atoms with van der Waals surface area (Å²) in [5.41, 5.74) is 2.17. The zero-order chi connectivity index (χ0) is 24.6. The minimum atomic E-state index is -0.504. The molecule has 8 nitrogen and oxygen atoms in total. The Labute approximate surface area is 208 Å². The van der Waals surface area contributed by atoms with Gasteiger partial charge in [0.25, 0.3) is 5.91 Å². The van der Waals surface area contributed by atoms with Crippen molar-refractivity contribution in [2.45, 2.75) is 44.9 Å². The molecule has 2 heterocycles. The van der Waals surface area contributed by atoms with E-state index in [4.69, 9.17) is 4.74 Å². The molecule has 3 aromatic rings. The fraction of sp³-hybridized carbons (Fsp3) is 0.346. The molecule has 0 aliphatic heterocycles. The maximum atomic E-state index is 13.3. The van der Waals surface area contributed by atoms with Gasteiger partial charge in [0.05, 0.1) is 18.1 Å². The molecule has 1 unspecified atom stereocenters. The third-order valence-corrected chi connectivity index (χ3v) is 6.83. The van der Waals surface area contributed by atoms with E-state index in [1.165, 1.54) is 30.4 Å². The second-order valence-corrected chi connectivity index (χ2v) is 9.36. The van der Waals surface area contributed by atoms with E-state index in [9.17, 15) is 14.4 Å². The SMILES string of the molecule is CCOC(=O)c1csc(NC(=O)C(CC2CCCC2)c2ccc(NC(=O)c3cccnc3)cc2)n1. The van der Waals surface area contributed by atoms with E-state index in [1.54, 1.807) is 42.8 Å². The second kappa shape index (κ2) is 11.7. The second-order valence-electron chi connectivity index (χ2n) is 8.50. The number of carbonyl (C=O) groups excluding carboxylic acids is 3. The van der Waals surface area contributed by atoms with Gasteiger partial charge in [-0.2, -0.15) is 0 Å². The molecule has 9 heteroatoms. The van der Waals surface area contributed by atoms with Gasteiger partial charge in [0.1, 0.15) is 0 Å². The Bertz CT molecular complexity index is 1160. The number of amides is 2. The maximum absolute atomic E-state index is 13.3. The Morgan fingerprint density at radius 3 is 2.57 bits per heavy atom. The van der Waals surface area contributed by atoms with Crippen LogP contribution < -0.4 is 10.6 Å². The number of anilines is 2. The Morgan fingerprint density at radius 2 is 1.89 bits per heavy atom.